The van der Waals surface area contributed by atoms with E-state index in [0.717, 1.165) is 5.75 Å². The van der Waals surface area contributed by atoms with Crippen molar-refractivity contribution in [3.63, 3.8) is 0 Å². The topological polar surface area (TPSA) is 99.8 Å². The number of carbonyl (C=O) groups excluding carboxylic acids is 1. The first-order valence-electron chi connectivity index (χ1n) is 10.3. The number of thioether (sulfide) groups is 1. The fourth-order valence-electron chi connectivity index (χ4n) is 3.15. The van der Waals surface area contributed by atoms with Gasteiger partial charge in [-0.15, -0.1) is 10.2 Å². The largest absolute Gasteiger partial charge is 0.497 e. The number of benzene rings is 2. The molecule has 10 heteroatoms. The number of anilines is 1. The molecule has 170 valence electrons. The van der Waals surface area contributed by atoms with Crippen molar-refractivity contribution >= 4 is 29.0 Å². The normalized spacial score (nSPS) is 11.8. The lowest BCUT2D eigenvalue weighted by molar-refractivity contribution is -0.115. The van der Waals surface area contributed by atoms with Crippen LogP contribution < -0.4 is 20.3 Å². The highest BCUT2D eigenvalue weighted by molar-refractivity contribution is 8.00. The van der Waals surface area contributed by atoms with Crippen LogP contribution in [0.15, 0.2) is 70.9 Å². The van der Waals surface area contributed by atoms with Crippen LogP contribution in [0.25, 0.3) is 11.3 Å². The molecule has 2 aromatic carbocycles. The fraction of sp³-hybridized carbons (Fsp3) is 0.217. The second-order valence-electron chi connectivity index (χ2n) is 7.05. The van der Waals surface area contributed by atoms with Gasteiger partial charge in [-0.3, -0.25) is 18.6 Å². The van der Waals surface area contributed by atoms with E-state index < -0.39 is 5.25 Å². The van der Waals surface area contributed by atoms with Crippen LogP contribution in [0.4, 0.5) is 5.69 Å². The summed E-state index contributed by atoms with van der Waals surface area (Å²) in [7, 11) is 1.59. The van der Waals surface area contributed by atoms with E-state index in [1.807, 2.05) is 19.1 Å². The van der Waals surface area contributed by atoms with Crippen LogP contribution in [0.1, 0.15) is 13.8 Å². The van der Waals surface area contributed by atoms with Crippen LogP contribution in [0.2, 0.25) is 0 Å². The maximum Gasteiger partial charge on any atom is 0.300 e. The van der Waals surface area contributed by atoms with E-state index in [2.05, 4.69) is 15.5 Å². The summed E-state index contributed by atoms with van der Waals surface area (Å²) >= 11 is 1.22. The molecule has 0 aliphatic heterocycles. The second-order valence-corrected chi connectivity index (χ2v) is 8.36. The molecule has 0 radical (unpaired) electrons. The number of ether oxygens (including phenoxy) is 2. The Morgan fingerprint density at radius 2 is 1.76 bits per heavy atom. The van der Waals surface area contributed by atoms with Gasteiger partial charge < -0.3 is 14.8 Å². The molecule has 2 heterocycles. The Labute approximate surface area is 194 Å². The zero-order chi connectivity index (χ0) is 23.4. The molecule has 1 unspecified atom stereocenters. The Morgan fingerprint density at radius 3 is 2.42 bits per heavy atom. The quantitative estimate of drug-likeness (QED) is 0.398. The number of hydrogen-bond donors (Lipinski definition) is 1. The molecule has 0 aliphatic rings. The average Bonchev–Trinajstić information content (AvgIpc) is 3.24. The van der Waals surface area contributed by atoms with Crippen LogP contribution in [-0.2, 0) is 4.79 Å². The summed E-state index contributed by atoms with van der Waals surface area (Å²) in [6.07, 6.45) is 3.37. The van der Waals surface area contributed by atoms with E-state index >= 15 is 0 Å². The van der Waals surface area contributed by atoms with Gasteiger partial charge in [0.2, 0.25) is 11.6 Å². The molecule has 33 heavy (non-hydrogen) atoms. The zero-order valence-electron chi connectivity index (χ0n) is 18.4. The Morgan fingerprint density at radius 1 is 1.06 bits per heavy atom. The highest BCUT2D eigenvalue weighted by atomic mass is 32.2. The van der Waals surface area contributed by atoms with Crippen LogP contribution in [0.5, 0.6) is 11.5 Å². The number of fused-ring (bicyclic) bond motifs is 1. The zero-order valence-corrected chi connectivity index (χ0v) is 19.2. The van der Waals surface area contributed by atoms with Crippen molar-refractivity contribution in [2.75, 3.05) is 19.0 Å². The SMILES string of the molecule is CCOc1ccc(-n2ccn3c(SC(C)C(=O)Nc4ccc(OC)cc4)nnc3c2=O)cc1. The summed E-state index contributed by atoms with van der Waals surface area (Å²) in [5.41, 5.74) is 1.22. The number of amides is 1. The summed E-state index contributed by atoms with van der Waals surface area (Å²) in [5.74, 6) is 1.25. The molecule has 4 aromatic rings. The molecule has 0 aliphatic carbocycles. The Kier molecular flexibility index (Phi) is 6.64. The maximum absolute atomic E-state index is 13.0. The van der Waals surface area contributed by atoms with E-state index in [-0.39, 0.29) is 17.1 Å². The lowest BCUT2D eigenvalue weighted by Gasteiger charge is -2.12. The molecule has 1 N–H and O–H groups in total. The van der Waals surface area contributed by atoms with Gasteiger partial charge in [0, 0.05) is 23.8 Å². The molecular weight excluding hydrogens is 442 g/mol. The molecular formula is C23H23N5O4S. The smallest absolute Gasteiger partial charge is 0.300 e. The summed E-state index contributed by atoms with van der Waals surface area (Å²) in [5, 5.41) is 11.0. The lowest BCUT2D eigenvalue weighted by Crippen LogP contribution is -2.23. The van der Waals surface area contributed by atoms with Gasteiger partial charge in [0.15, 0.2) is 5.16 Å². The molecule has 1 atom stereocenters. The van der Waals surface area contributed by atoms with Gasteiger partial charge in [-0.2, -0.15) is 0 Å². The Bertz CT molecular complexity index is 1320. The van der Waals surface area contributed by atoms with Crippen molar-refractivity contribution in [2.24, 2.45) is 0 Å². The fourth-order valence-corrected chi connectivity index (χ4v) is 3.98. The van der Waals surface area contributed by atoms with Gasteiger partial charge in [0.25, 0.3) is 0 Å². The van der Waals surface area contributed by atoms with Crippen molar-refractivity contribution in [1.29, 1.82) is 0 Å². The minimum absolute atomic E-state index is 0.177. The lowest BCUT2D eigenvalue weighted by atomic mass is 10.3. The average molecular weight is 466 g/mol. The Hall–Kier alpha value is -3.79. The molecule has 9 nitrogen and oxygen atoms in total. The van der Waals surface area contributed by atoms with Gasteiger partial charge in [0.1, 0.15) is 11.5 Å². The Balaban J connectivity index is 1.51. The number of rotatable bonds is 8. The molecule has 1 amide bonds. The predicted octanol–water partition coefficient (Wildman–Crippen LogP) is 3.41. The maximum atomic E-state index is 13.0. The number of nitrogens with zero attached hydrogens (tertiary/aromatic N) is 4. The molecule has 0 saturated heterocycles. The van der Waals surface area contributed by atoms with Crippen molar-refractivity contribution in [3.8, 4) is 17.2 Å². The molecule has 0 saturated carbocycles. The molecule has 0 bridgehead atoms. The number of carbonyl (C=O) groups is 1. The third-order valence-corrected chi connectivity index (χ3v) is 5.93. The van der Waals surface area contributed by atoms with Gasteiger partial charge in [0.05, 0.1) is 19.0 Å². The van der Waals surface area contributed by atoms with E-state index in [9.17, 15) is 9.59 Å². The van der Waals surface area contributed by atoms with E-state index in [0.29, 0.717) is 28.9 Å². The van der Waals surface area contributed by atoms with Crippen LogP contribution >= 0.6 is 11.8 Å². The standard InChI is InChI=1S/C23H23N5O4S/c1-4-32-19-11-7-17(8-12-19)27-13-14-28-20(22(27)30)25-26-23(28)33-15(2)21(29)24-16-5-9-18(31-3)10-6-16/h5-15H,4H2,1-3H3,(H,24,29). The van der Waals surface area contributed by atoms with Gasteiger partial charge in [-0.25, -0.2) is 0 Å². The summed E-state index contributed by atoms with van der Waals surface area (Å²) in [6, 6.07) is 14.3. The van der Waals surface area contributed by atoms with Gasteiger partial charge >= 0.3 is 5.56 Å². The van der Waals surface area contributed by atoms with Crippen LogP contribution in [0, 0.1) is 0 Å². The number of aromatic nitrogens is 4. The second kappa shape index (κ2) is 9.78. The first-order chi connectivity index (χ1) is 16.0. The van der Waals surface area contributed by atoms with Crippen molar-refractivity contribution in [2.45, 2.75) is 24.3 Å². The minimum atomic E-state index is -0.465. The first kappa shape index (κ1) is 22.4. The van der Waals surface area contributed by atoms with Gasteiger partial charge in [-0.1, -0.05) is 11.8 Å². The third kappa shape index (κ3) is 4.85. The molecule has 0 spiro atoms. The van der Waals surface area contributed by atoms with E-state index in [4.69, 9.17) is 9.47 Å². The van der Waals surface area contributed by atoms with E-state index in [1.54, 1.807) is 67.2 Å². The number of hydrogen-bond acceptors (Lipinski definition) is 7. The monoisotopic (exact) mass is 465 g/mol. The highest BCUT2D eigenvalue weighted by Gasteiger charge is 2.19. The molecule has 0 fully saturated rings. The van der Waals surface area contributed by atoms with Crippen molar-refractivity contribution < 1.29 is 14.3 Å². The molecule has 4 rings (SSSR count). The number of nitrogens with one attached hydrogen (secondary N) is 1. The molecule has 2 aromatic heterocycles. The summed E-state index contributed by atoms with van der Waals surface area (Å²) < 4.78 is 13.7. The van der Waals surface area contributed by atoms with Crippen LogP contribution in [0.3, 0.4) is 0 Å². The summed E-state index contributed by atoms with van der Waals surface area (Å²) in [6.45, 7) is 4.25. The highest BCUT2D eigenvalue weighted by Crippen LogP contribution is 2.23. The van der Waals surface area contributed by atoms with Crippen molar-refractivity contribution in [3.05, 3.63) is 71.3 Å². The van der Waals surface area contributed by atoms with Gasteiger partial charge in [-0.05, 0) is 62.4 Å². The van der Waals surface area contributed by atoms with Crippen LogP contribution in [-0.4, -0.2) is 44.0 Å². The number of methoxy groups -OCH3 is 1. The summed E-state index contributed by atoms with van der Waals surface area (Å²) in [4.78, 5) is 25.6. The third-order valence-electron chi connectivity index (χ3n) is 4.87. The first-order valence-corrected chi connectivity index (χ1v) is 11.2. The minimum Gasteiger partial charge on any atom is -0.497 e. The predicted molar refractivity (Wildman–Crippen MR) is 127 cm³/mol. The van der Waals surface area contributed by atoms with E-state index in [1.165, 1.54) is 16.3 Å². The van der Waals surface area contributed by atoms with Crippen molar-refractivity contribution in [1.82, 2.24) is 19.2 Å².